The van der Waals surface area contributed by atoms with Crippen molar-refractivity contribution in [1.29, 1.82) is 0 Å². The second kappa shape index (κ2) is 5.75. The van der Waals surface area contributed by atoms with E-state index in [2.05, 4.69) is 29.4 Å². The molecule has 2 aromatic heterocycles. The number of nitrogens with one attached hydrogen (secondary N) is 1. The van der Waals surface area contributed by atoms with Gasteiger partial charge in [0.2, 0.25) is 5.91 Å². The first-order valence-corrected chi connectivity index (χ1v) is 7.78. The molecule has 1 N–H and O–H groups in total. The number of hydrogen-bond donors (Lipinski definition) is 1. The molecule has 0 aromatic carbocycles. The van der Waals surface area contributed by atoms with E-state index in [1.165, 1.54) is 9.75 Å². The van der Waals surface area contributed by atoms with E-state index in [-0.39, 0.29) is 11.8 Å². The number of thiophene rings is 1. The smallest absolute Gasteiger partial charge is 0.223 e. The lowest BCUT2D eigenvalue weighted by Gasteiger charge is -2.04. The molecule has 2 aromatic rings. The van der Waals surface area contributed by atoms with Gasteiger partial charge >= 0.3 is 0 Å². The van der Waals surface area contributed by atoms with E-state index in [4.69, 9.17) is 0 Å². The van der Waals surface area contributed by atoms with Gasteiger partial charge in [-0.3, -0.25) is 9.78 Å². The van der Waals surface area contributed by atoms with Gasteiger partial charge in [-0.25, -0.2) is 0 Å². The predicted octanol–water partition coefficient (Wildman–Crippen LogP) is 2.91. The summed E-state index contributed by atoms with van der Waals surface area (Å²) in [4.78, 5) is 18.8. The molecule has 2 heterocycles. The van der Waals surface area contributed by atoms with Crippen molar-refractivity contribution >= 4 is 17.2 Å². The third-order valence-corrected chi connectivity index (χ3v) is 4.82. The molecular weight excluding hydrogens is 268 g/mol. The summed E-state index contributed by atoms with van der Waals surface area (Å²) >= 11 is 1.81. The first kappa shape index (κ1) is 13.3. The molecule has 1 aliphatic rings. The van der Waals surface area contributed by atoms with Crippen LogP contribution >= 0.6 is 11.3 Å². The summed E-state index contributed by atoms with van der Waals surface area (Å²) in [5.74, 6) is 0.832. The Bertz CT molecular complexity index is 594. The van der Waals surface area contributed by atoms with E-state index >= 15 is 0 Å². The molecule has 104 valence electrons. The van der Waals surface area contributed by atoms with Gasteiger partial charge in [-0.05, 0) is 43.5 Å². The minimum Gasteiger partial charge on any atom is -0.356 e. The molecule has 0 unspecified atom stereocenters. The van der Waals surface area contributed by atoms with Crippen molar-refractivity contribution in [3.8, 4) is 0 Å². The molecule has 2 atom stereocenters. The largest absolute Gasteiger partial charge is 0.356 e. The third kappa shape index (κ3) is 3.07. The number of hydrogen-bond acceptors (Lipinski definition) is 3. The number of aromatic nitrogens is 1. The maximum absolute atomic E-state index is 12.1. The molecule has 0 radical (unpaired) electrons. The molecule has 1 amide bonds. The highest BCUT2D eigenvalue weighted by Gasteiger charge is 2.44. The van der Waals surface area contributed by atoms with Crippen LogP contribution in [0.25, 0.3) is 0 Å². The van der Waals surface area contributed by atoms with Crippen LogP contribution in [0.3, 0.4) is 0 Å². The van der Waals surface area contributed by atoms with E-state index < -0.39 is 0 Å². The quantitative estimate of drug-likeness (QED) is 0.918. The fourth-order valence-electron chi connectivity index (χ4n) is 2.46. The average Bonchev–Trinajstić information content (AvgIpc) is 3.15. The molecular formula is C16H18N2OS. The normalized spacial score (nSPS) is 20.6. The summed E-state index contributed by atoms with van der Waals surface area (Å²) in [6, 6.07) is 8.25. The van der Waals surface area contributed by atoms with E-state index in [1.807, 2.05) is 29.7 Å². The molecule has 20 heavy (non-hydrogen) atoms. The van der Waals surface area contributed by atoms with Gasteiger partial charge in [0, 0.05) is 40.5 Å². The zero-order valence-corrected chi connectivity index (χ0v) is 12.3. The molecule has 0 saturated heterocycles. The summed E-state index contributed by atoms with van der Waals surface area (Å²) in [6.45, 7) is 2.80. The van der Waals surface area contributed by atoms with Crippen LogP contribution in [0.15, 0.2) is 36.7 Å². The van der Waals surface area contributed by atoms with Crippen LogP contribution in [0.1, 0.15) is 27.7 Å². The molecule has 0 bridgehead atoms. The Hall–Kier alpha value is -1.68. The number of carbonyl (C=O) groups excluding carboxylic acids is 1. The molecule has 0 spiro atoms. The standard InChI is InChI=1S/C16H18N2OS/c1-11-4-5-15(20-11)13-9-14(13)16(19)18-8-6-12-3-2-7-17-10-12/h2-5,7,10,13-14H,6,8-9H2,1H3,(H,18,19)/t13-,14+/m0/s1. The van der Waals surface area contributed by atoms with Crippen molar-refractivity contribution in [1.82, 2.24) is 10.3 Å². The maximum atomic E-state index is 12.1. The second-order valence-electron chi connectivity index (χ2n) is 5.30. The van der Waals surface area contributed by atoms with E-state index in [0.717, 1.165) is 18.4 Å². The Balaban J connectivity index is 1.45. The SMILES string of the molecule is Cc1ccc([C@H]2C[C@H]2C(=O)NCCc2cccnc2)s1. The van der Waals surface area contributed by atoms with Gasteiger partial charge in [0.1, 0.15) is 0 Å². The number of amides is 1. The van der Waals surface area contributed by atoms with Crippen LogP contribution in [0, 0.1) is 12.8 Å². The average molecular weight is 286 g/mol. The van der Waals surface area contributed by atoms with Gasteiger partial charge in [0.25, 0.3) is 0 Å². The van der Waals surface area contributed by atoms with Gasteiger partial charge in [-0.15, -0.1) is 11.3 Å². The zero-order chi connectivity index (χ0) is 13.9. The van der Waals surface area contributed by atoms with Gasteiger partial charge in [-0.1, -0.05) is 6.07 Å². The number of rotatable bonds is 5. The second-order valence-corrected chi connectivity index (χ2v) is 6.62. The van der Waals surface area contributed by atoms with Crippen LogP contribution in [0.5, 0.6) is 0 Å². The zero-order valence-electron chi connectivity index (χ0n) is 11.5. The van der Waals surface area contributed by atoms with Crippen molar-refractivity contribution in [2.24, 2.45) is 5.92 Å². The fraction of sp³-hybridized carbons (Fsp3) is 0.375. The highest BCUT2D eigenvalue weighted by atomic mass is 32.1. The Morgan fingerprint density at radius 2 is 2.35 bits per heavy atom. The van der Waals surface area contributed by atoms with Crippen molar-refractivity contribution in [2.45, 2.75) is 25.7 Å². The summed E-state index contributed by atoms with van der Waals surface area (Å²) in [6.07, 6.45) is 5.45. The van der Waals surface area contributed by atoms with Crippen LogP contribution < -0.4 is 5.32 Å². The Labute approximate surface area is 123 Å². The minimum absolute atomic E-state index is 0.182. The van der Waals surface area contributed by atoms with Crippen molar-refractivity contribution in [2.75, 3.05) is 6.54 Å². The highest BCUT2D eigenvalue weighted by molar-refractivity contribution is 7.12. The first-order valence-electron chi connectivity index (χ1n) is 6.97. The Kier molecular flexibility index (Phi) is 3.83. The van der Waals surface area contributed by atoms with Gasteiger partial charge in [0.15, 0.2) is 0 Å². The van der Waals surface area contributed by atoms with Crippen LogP contribution in [-0.4, -0.2) is 17.4 Å². The molecule has 1 fully saturated rings. The lowest BCUT2D eigenvalue weighted by molar-refractivity contribution is -0.122. The van der Waals surface area contributed by atoms with Crippen LogP contribution in [0.2, 0.25) is 0 Å². The summed E-state index contributed by atoms with van der Waals surface area (Å²) < 4.78 is 0. The minimum atomic E-state index is 0.182. The fourth-order valence-corrected chi connectivity index (χ4v) is 3.51. The van der Waals surface area contributed by atoms with Gasteiger partial charge in [0.05, 0.1) is 0 Å². The topological polar surface area (TPSA) is 42.0 Å². The predicted molar refractivity (Wildman–Crippen MR) is 80.9 cm³/mol. The third-order valence-electron chi connectivity index (χ3n) is 3.69. The lowest BCUT2D eigenvalue weighted by atomic mass is 10.2. The highest BCUT2D eigenvalue weighted by Crippen LogP contribution is 2.49. The summed E-state index contributed by atoms with van der Waals surface area (Å²) in [5, 5.41) is 3.04. The number of nitrogens with zero attached hydrogens (tertiary/aromatic N) is 1. The van der Waals surface area contributed by atoms with Crippen molar-refractivity contribution in [3.63, 3.8) is 0 Å². The Morgan fingerprint density at radius 1 is 1.45 bits per heavy atom. The number of pyridine rings is 1. The maximum Gasteiger partial charge on any atom is 0.223 e. The number of carbonyl (C=O) groups is 1. The molecule has 3 nitrogen and oxygen atoms in total. The molecule has 0 aliphatic heterocycles. The van der Waals surface area contributed by atoms with Gasteiger partial charge in [-0.2, -0.15) is 0 Å². The summed E-state index contributed by atoms with van der Waals surface area (Å²) in [7, 11) is 0. The monoisotopic (exact) mass is 286 g/mol. The van der Waals surface area contributed by atoms with Gasteiger partial charge < -0.3 is 5.32 Å². The van der Waals surface area contributed by atoms with E-state index in [0.29, 0.717) is 12.5 Å². The van der Waals surface area contributed by atoms with Crippen LogP contribution in [0.4, 0.5) is 0 Å². The molecule has 1 saturated carbocycles. The van der Waals surface area contributed by atoms with Crippen molar-refractivity contribution < 1.29 is 4.79 Å². The molecule has 4 heteroatoms. The lowest BCUT2D eigenvalue weighted by Crippen LogP contribution is -2.27. The molecule has 1 aliphatic carbocycles. The van der Waals surface area contributed by atoms with Crippen molar-refractivity contribution in [3.05, 3.63) is 52.0 Å². The first-order chi connectivity index (χ1) is 9.74. The van der Waals surface area contributed by atoms with E-state index in [9.17, 15) is 4.79 Å². The Morgan fingerprint density at radius 3 is 3.05 bits per heavy atom. The number of aryl methyl sites for hydroxylation is 1. The summed E-state index contributed by atoms with van der Waals surface area (Å²) in [5.41, 5.74) is 1.16. The molecule has 3 rings (SSSR count). The van der Waals surface area contributed by atoms with E-state index in [1.54, 1.807) is 6.20 Å². The van der Waals surface area contributed by atoms with Crippen LogP contribution in [-0.2, 0) is 11.2 Å².